The predicted molar refractivity (Wildman–Crippen MR) is 119 cm³/mol. The summed E-state index contributed by atoms with van der Waals surface area (Å²) in [5, 5.41) is 14.8. The first-order valence-corrected chi connectivity index (χ1v) is 10.9. The Labute approximate surface area is 188 Å². The number of carbonyl (C=O) groups excluding carboxylic acids is 2. The summed E-state index contributed by atoms with van der Waals surface area (Å²) in [7, 11) is 0. The molecule has 31 heavy (non-hydrogen) atoms. The summed E-state index contributed by atoms with van der Waals surface area (Å²) in [6.07, 6.45) is 0. The van der Waals surface area contributed by atoms with Crippen molar-refractivity contribution in [3.05, 3.63) is 70.3 Å². The third-order valence-electron chi connectivity index (χ3n) is 4.51. The van der Waals surface area contributed by atoms with Crippen molar-refractivity contribution in [2.75, 3.05) is 11.1 Å². The van der Waals surface area contributed by atoms with E-state index in [0.717, 1.165) is 5.56 Å². The molecule has 2 amide bonds. The highest BCUT2D eigenvalue weighted by Gasteiger charge is 2.16. The van der Waals surface area contributed by atoms with Gasteiger partial charge in [0.25, 0.3) is 5.91 Å². The monoisotopic (exact) mass is 461 g/mol. The minimum absolute atomic E-state index is 0.0346. The van der Waals surface area contributed by atoms with Crippen molar-refractivity contribution in [2.24, 2.45) is 0 Å². The molecule has 0 aliphatic carbocycles. The van der Waals surface area contributed by atoms with Gasteiger partial charge in [0.2, 0.25) is 5.91 Å². The van der Waals surface area contributed by atoms with Gasteiger partial charge in [-0.15, -0.1) is 10.2 Å². The number of anilines is 1. The zero-order chi connectivity index (χ0) is 22.4. The van der Waals surface area contributed by atoms with Crippen LogP contribution in [0.2, 0.25) is 5.02 Å². The third-order valence-corrected chi connectivity index (χ3v) is 5.89. The van der Waals surface area contributed by atoms with Crippen LogP contribution in [0.15, 0.2) is 47.6 Å². The maximum absolute atomic E-state index is 13.8. The number of carbonyl (C=O) groups is 2. The van der Waals surface area contributed by atoms with Gasteiger partial charge in [-0.2, -0.15) is 0 Å². The Morgan fingerprint density at radius 3 is 2.68 bits per heavy atom. The van der Waals surface area contributed by atoms with E-state index < -0.39 is 11.7 Å². The van der Waals surface area contributed by atoms with Crippen LogP contribution in [-0.4, -0.2) is 32.3 Å². The summed E-state index contributed by atoms with van der Waals surface area (Å²) in [6, 6.07) is 11.1. The lowest BCUT2D eigenvalue weighted by Crippen LogP contribution is -2.25. The van der Waals surface area contributed by atoms with Crippen LogP contribution in [-0.2, 0) is 17.9 Å². The molecule has 0 aliphatic heterocycles. The Morgan fingerprint density at radius 2 is 1.94 bits per heavy atom. The van der Waals surface area contributed by atoms with Crippen molar-refractivity contribution in [1.82, 2.24) is 20.1 Å². The minimum atomic E-state index is -0.589. The van der Waals surface area contributed by atoms with Gasteiger partial charge in [-0.3, -0.25) is 9.59 Å². The van der Waals surface area contributed by atoms with Crippen LogP contribution in [0.4, 0.5) is 10.1 Å². The second-order valence-corrected chi connectivity index (χ2v) is 7.90. The molecule has 0 saturated heterocycles. The molecule has 2 N–H and O–H groups in total. The van der Waals surface area contributed by atoms with E-state index in [-0.39, 0.29) is 23.8 Å². The lowest BCUT2D eigenvalue weighted by Gasteiger charge is -2.10. The van der Waals surface area contributed by atoms with E-state index in [9.17, 15) is 14.0 Å². The summed E-state index contributed by atoms with van der Waals surface area (Å²) in [5.41, 5.74) is 1.42. The summed E-state index contributed by atoms with van der Waals surface area (Å²) in [5.74, 6) is -0.675. The van der Waals surface area contributed by atoms with E-state index in [0.29, 0.717) is 28.2 Å². The number of nitrogens with zero attached hydrogens (tertiary/aromatic N) is 3. The minimum Gasteiger partial charge on any atom is -0.345 e. The van der Waals surface area contributed by atoms with Crippen LogP contribution in [0.3, 0.4) is 0 Å². The van der Waals surface area contributed by atoms with E-state index >= 15 is 0 Å². The molecule has 1 heterocycles. The SMILES string of the molecule is CCn1c(CNC(=O)c2ccccc2F)nnc1SCC(=O)Nc1cccc(Cl)c1C. The van der Waals surface area contributed by atoms with Crippen molar-refractivity contribution in [3.8, 4) is 0 Å². The molecule has 0 unspecified atom stereocenters. The van der Waals surface area contributed by atoms with Gasteiger partial charge in [-0.05, 0) is 43.7 Å². The molecule has 0 radical (unpaired) electrons. The fourth-order valence-electron chi connectivity index (χ4n) is 2.83. The van der Waals surface area contributed by atoms with E-state index in [4.69, 9.17) is 11.6 Å². The van der Waals surface area contributed by atoms with Gasteiger partial charge in [-0.1, -0.05) is 41.6 Å². The van der Waals surface area contributed by atoms with Crippen molar-refractivity contribution in [3.63, 3.8) is 0 Å². The average molecular weight is 462 g/mol. The van der Waals surface area contributed by atoms with Crippen molar-refractivity contribution < 1.29 is 14.0 Å². The largest absolute Gasteiger partial charge is 0.345 e. The Kier molecular flexibility index (Phi) is 7.64. The van der Waals surface area contributed by atoms with Crippen LogP contribution >= 0.6 is 23.4 Å². The number of hydrogen-bond acceptors (Lipinski definition) is 5. The molecule has 0 fully saturated rings. The predicted octanol–water partition coefficient (Wildman–Crippen LogP) is 4.06. The number of thioether (sulfide) groups is 1. The highest BCUT2D eigenvalue weighted by atomic mass is 35.5. The number of amides is 2. The number of aromatic nitrogens is 3. The second kappa shape index (κ2) is 10.4. The molecule has 3 rings (SSSR count). The molecule has 2 aromatic carbocycles. The summed E-state index contributed by atoms with van der Waals surface area (Å²) < 4.78 is 15.5. The second-order valence-electron chi connectivity index (χ2n) is 6.55. The first-order chi connectivity index (χ1) is 14.9. The van der Waals surface area contributed by atoms with E-state index in [1.807, 2.05) is 13.8 Å². The third kappa shape index (κ3) is 5.62. The van der Waals surface area contributed by atoms with Crippen molar-refractivity contribution in [2.45, 2.75) is 32.1 Å². The van der Waals surface area contributed by atoms with E-state index in [1.54, 1.807) is 28.8 Å². The normalized spacial score (nSPS) is 10.7. The molecule has 0 bridgehead atoms. The summed E-state index contributed by atoms with van der Waals surface area (Å²) in [6.45, 7) is 4.38. The standard InChI is InChI=1S/C21H21ClFN5O2S/c1-3-28-18(11-24-20(30)14-7-4-5-9-16(14)23)26-27-21(28)31-12-19(29)25-17-10-6-8-15(22)13(17)2/h4-10H,3,11-12H2,1-2H3,(H,24,30)(H,25,29). The van der Waals surface area contributed by atoms with Crippen LogP contribution in [0, 0.1) is 12.7 Å². The molecule has 0 spiro atoms. The van der Waals surface area contributed by atoms with Gasteiger partial charge in [0.05, 0.1) is 17.9 Å². The zero-order valence-electron chi connectivity index (χ0n) is 17.0. The van der Waals surface area contributed by atoms with E-state index in [2.05, 4.69) is 20.8 Å². The Hall–Kier alpha value is -2.91. The Morgan fingerprint density at radius 1 is 1.16 bits per heavy atom. The van der Waals surface area contributed by atoms with Crippen LogP contribution < -0.4 is 10.6 Å². The summed E-state index contributed by atoms with van der Waals surface area (Å²) in [4.78, 5) is 24.5. The average Bonchev–Trinajstić information content (AvgIpc) is 3.16. The number of rotatable bonds is 8. The molecule has 3 aromatic rings. The first-order valence-electron chi connectivity index (χ1n) is 9.53. The topological polar surface area (TPSA) is 88.9 Å². The molecule has 7 nitrogen and oxygen atoms in total. The molecule has 1 aromatic heterocycles. The quantitative estimate of drug-likeness (QED) is 0.494. The number of hydrogen-bond donors (Lipinski definition) is 2. The highest BCUT2D eigenvalue weighted by Crippen LogP contribution is 2.24. The lowest BCUT2D eigenvalue weighted by molar-refractivity contribution is -0.113. The molecule has 10 heteroatoms. The summed E-state index contributed by atoms with van der Waals surface area (Å²) >= 11 is 7.32. The molecule has 0 aliphatic rings. The van der Waals surface area contributed by atoms with Crippen LogP contribution in [0.25, 0.3) is 0 Å². The van der Waals surface area contributed by atoms with Crippen molar-refractivity contribution in [1.29, 1.82) is 0 Å². The molecule has 0 atom stereocenters. The van der Waals surface area contributed by atoms with E-state index in [1.165, 1.54) is 30.0 Å². The Bertz CT molecular complexity index is 1110. The lowest BCUT2D eigenvalue weighted by atomic mass is 10.2. The van der Waals surface area contributed by atoms with Gasteiger partial charge in [0.15, 0.2) is 11.0 Å². The zero-order valence-corrected chi connectivity index (χ0v) is 18.6. The maximum atomic E-state index is 13.8. The molecular weight excluding hydrogens is 441 g/mol. The first kappa shape index (κ1) is 22.8. The number of benzene rings is 2. The van der Waals surface area contributed by atoms with Gasteiger partial charge >= 0.3 is 0 Å². The molecule has 162 valence electrons. The molecule has 0 saturated carbocycles. The van der Waals surface area contributed by atoms with Gasteiger partial charge in [0, 0.05) is 17.3 Å². The molecular formula is C21H21ClFN5O2S. The van der Waals surface area contributed by atoms with Gasteiger partial charge in [-0.25, -0.2) is 4.39 Å². The van der Waals surface area contributed by atoms with Crippen LogP contribution in [0.5, 0.6) is 0 Å². The highest BCUT2D eigenvalue weighted by molar-refractivity contribution is 7.99. The van der Waals surface area contributed by atoms with Crippen molar-refractivity contribution >= 4 is 40.9 Å². The van der Waals surface area contributed by atoms with Crippen LogP contribution in [0.1, 0.15) is 28.7 Å². The Balaban J connectivity index is 1.59. The van der Waals surface area contributed by atoms with Gasteiger partial charge in [0.1, 0.15) is 5.82 Å². The maximum Gasteiger partial charge on any atom is 0.254 e. The van der Waals surface area contributed by atoms with Gasteiger partial charge < -0.3 is 15.2 Å². The fraction of sp³-hybridized carbons (Fsp3) is 0.238. The fourth-order valence-corrected chi connectivity index (χ4v) is 3.83. The number of nitrogens with one attached hydrogen (secondary N) is 2. The number of halogens is 2. The smallest absolute Gasteiger partial charge is 0.254 e.